The van der Waals surface area contributed by atoms with Gasteiger partial charge in [0.1, 0.15) is 0 Å². The first-order valence-corrected chi connectivity index (χ1v) is 6.57. The lowest BCUT2D eigenvalue weighted by atomic mass is 10.1. The third-order valence-corrected chi connectivity index (χ3v) is 3.43. The summed E-state index contributed by atoms with van der Waals surface area (Å²) in [5.74, 6) is 1.29. The number of pyridine rings is 1. The highest BCUT2D eigenvalue weighted by molar-refractivity contribution is 5.81. The van der Waals surface area contributed by atoms with Crippen LogP contribution in [0.5, 0.6) is 11.5 Å². The Morgan fingerprint density at radius 1 is 0.905 bits per heavy atom. The van der Waals surface area contributed by atoms with Gasteiger partial charge in [-0.2, -0.15) is 0 Å². The average Bonchev–Trinajstić information content (AvgIpc) is 2.54. The summed E-state index contributed by atoms with van der Waals surface area (Å²) in [6.07, 6.45) is 0. The second-order valence-corrected chi connectivity index (χ2v) is 4.66. The number of methoxy groups -OCH3 is 2. The molecule has 3 aromatic rings. The fraction of sp³-hybridized carbons (Fsp3) is 0.118. The van der Waals surface area contributed by atoms with E-state index in [1.165, 1.54) is 0 Å². The summed E-state index contributed by atoms with van der Waals surface area (Å²) in [7, 11) is 3.18. The molecular formula is C17H15NO3. The van der Waals surface area contributed by atoms with Crippen molar-refractivity contribution in [3.05, 3.63) is 58.8 Å². The zero-order valence-corrected chi connectivity index (χ0v) is 11.8. The second-order valence-electron chi connectivity index (χ2n) is 4.66. The Morgan fingerprint density at radius 3 is 2.43 bits per heavy atom. The number of rotatable bonds is 3. The maximum Gasteiger partial charge on any atom is 0.190 e. The SMILES string of the molecule is COc1ccc(-c2cc(=O)c3ccccc3[nH]2)cc1OC. The highest BCUT2D eigenvalue weighted by Gasteiger charge is 2.08. The van der Waals surface area contributed by atoms with E-state index in [2.05, 4.69) is 4.98 Å². The van der Waals surface area contributed by atoms with Gasteiger partial charge in [-0.05, 0) is 30.3 Å². The highest BCUT2D eigenvalue weighted by Crippen LogP contribution is 2.31. The van der Waals surface area contributed by atoms with Gasteiger partial charge in [-0.3, -0.25) is 4.79 Å². The maximum absolute atomic E-state index is 12.2. The summed E-state index contributed by atoms with van der Waals surface area (Å²) in [6.45, 7) is 0. The van der Waals surface area contributed by atoms with E-state index >= 15 is 0 Å². The largest absolute Gasteiger partial charge is 0.493 e. The normalized spacial score (nSPS) is 10.6. The van der Waals surface area contributed by atoms with Gasteiger partial charge in [-0.25, -0.2) is 0 Å². The summed E-state index contributed by atoms with van der Waals surface area (Å²) in [5, 5.41) is 0.682. The number of benzene rings is 2. The molecular weight excluding hydrogens is 266 g/mol. The molecule has 0 spiro atoms. The van der Waals surface area contributed by atoms with Gasteiger partial charge in [0.05, 0.1) is 14.2 Å². The molecule has 3 rings (SSSR count). The van der Waals surface area contributed by atoms with Crippen LogP contribution in [0.3, 0.4) is 0 Å². The molecule has 4 nitrogen and oxygen atoms in total. The molecule has 1 aromatic heterocycles. The van der Waals surface area contributed by atoms with Gasteiger partial charge in [0.25, 0.3) is 0 Å². The van der Waals surface area contributed by atoms with Crippen molar-refractivity contribution in [3.63, 3.8) is 0 Å². The van der Waals surface area contributed by atoms with Gasteiger partial charge in [0.15, 0.2) is 16.9 Å². The minimum absolute atomic E-state index is 0.00543. The molecule has 1 N–H and O–H groups in total. The summed E-state index contributed by atoms with van der Waals surface area (Å²) in [5.41, 5.74) is 2.43. The summed E-state index contributed by atoms with van der Waals surface area (Å²) >= 11 is 0. The molecule has 2 aromatic carbocycles. The van der Waals surface area contributed by atoms with Gasteiger partial charge < -0.3 is 14.5 Å². The Morgan fingerprint density at radius 2 is 1.67 bits per heavy atom. The Balaban J connectivity index is 2.18. The molecule has 0 saturated carbocycles. The van der Waals surface area contributed by atoms with E-state index in [0.29, 0.717) is 16.9 Å². The summed E-state index contributed by atoms with van der Waals surface area (Å²) in [6, 6.07) is 14.6. The maximum atomic E-state index is 12.2. The smallest absolute Gasteiger partial charge is 0.190 e. The van der Waals surface area contributed by atoms with Crippen molar-refractivity contribution in [2.24, 2.45) is 0 Å². The fourth-order valence-corrected chi connectivity index (χ4v) is 2.36. The molecule has 0 aliphatic heterocycles. The number of hydrogen-bond donors (Lipinski definition) is 1. The predicted molar refractivity (Wildman–Crippen MR) is 83.1 cm³/mol. The zero-order valence-electron chi connectivity index (χ0n) is 11.8. The number of hydrogen-bond acceptors (Lipinski definition) is 3. The molecule has 0 bridgehead atoms. The van der Waals surface area contributed by atoms with Gasteiger partial charge in [0.2, 0.25) is 0 Å². The van der Waals surface area contributed by atoms with Crippen LogP contribution in [-0.2, 0) is 0 Å². The topological polar surface area (TPSA) is 51.3 Å². The first-order chi connectivity index (χ1) is 10.2. The van der Waals surface area contributed by atoms with Crippen molar-refractivity contribution in [2.75, 3.05) is 14.2 Å². The summed E-state index contributed by atoms with van der Waals surface area (Å²) in [4.78, 5) is 15.5. The lowest BCUT2D eigenvalue weighted by Gasteiger charge is -2.10. The third-order valence-electron chi connectivity index (χ3n) is 3.43. The van der Waals surface area contributed by atoms with Crippen molar-refractivity contribution < 1.29 is 9.47 Å². The van der Waals surface area contributed by atoms with Gasteiger partial charge in [-0.1, -0.05) is 12.1 Å². The van der Waals surface area contributed by atoms with Gasteiger partial charge in [-0.15, -0.1) is 0 Å². The van der Waals surface area contributed by atoms with E-state index < -0.39 is 0 Å². The highest BCUT2D eigenvalue weighted by atomic mass is 16.5. The van der Waals surface area contributed by atoms with E-state index in [1.54, 1.807) is 20.3 Å². The van der Waals surface area contributed by atoms with E-state index in [0.717, 1.165) is 16.8 Å². The van der Waals surface area contributed by atoms with Gasteiger partial charge >= 0.3 is 0 Å². The zero-order chi connectivity index (χ0) is 14.8. The van der Waals surface area contributed by atoms with Crippen LogP contribution in [0, 0.1) is 0 Å². The molecule has 0 aliphatic rings. The second kappa shape index (κ2) is 5.32. The van der Waals surface area contributed by atoms with Crippen LogP contribution in [0.2, 0.25) is 0 Å². The Kier molecular flexibility index (Phi) is 3.36. The van der Waals surface area contributed by atoms with E-state index in [9.17, 15) is 4.79 Å². The number of para-hydroxylation sites is 1. The van der Waals surface area contributed by atoms with Crippen molar-refractivity contribution in [1.82, 2.24) is 4.98 Å². The number of H-pyrrole nitrogens is 1. The van der Waals surface area contributed by atoms with Gasteiger partial charge in [0, 0.05) is 28.2 Å². The number of ether oxygens (including phenoxy) is 2. The molecule has 1 heterocycles. The number of fused-ring (bicyclic) bond motifs is 1. The lowest BCUT2D eigenvalue weighted by Crippen LogP contribution is -2.02. The van der Waals surface area contributed by atoms with Crippen LogP contribution < -0.4 is 14.9 Å². The van der Waals surface area contributed by atoms with Crippen LogP contribution in [-0.4, -0.2) is 19.2 Å². The van der Waals surface area contributed by atoms with E-state index in [-0.39, 0.29) is 5.43 Å². The molecule has 0 unspecified atom stereocenters. The molecule has 0 saturated heterocycles. The van der Waals surface area contributed by atoms with Crippen molar-refractivity contribution >= 4 is 10.9 Å². The Bertz CT molecular complexity index is 852. The average molecular weight is 281 g/mol. The van der Waals surface area contributed by atoms with Crippen molar-refractivity contribution in [2.45, 2.75) is 0 Å². The number of aromatic nitrogens is 1. The minimum Gasteiger partial charge on any atom is -0.493 e. The molecule has 0 radical (unpaired) electrons. The van der Waals surface area contributed by atoms with Crippen molar-refractivity contribution in [1.29, 1.82) is 0 Å². The van der Waals surface area contributed by atoms with Crippen LogP contribution in [0.25, 0.3) is 22.2 Å². The fourth-order valence-electron chi connectivity index (χ4n) is 2.36. The van der Waals surface area contributed by atoms with E-state index in [1.807, 2.05) is 42.5 Å². The lowest BCUT2D eigenvalue weighted by molar-refractivity contribution is 0.355. The van der Waals surface area contributed by atoms with Crippen molar-refractivity contribution in [3.8, 4) is 22.8 Å². The molecule has 106 valence electrons. The van der Waals surface area contributed by atoms with Crippen LogP contribution in [0.4, 0.5) is 0 Å². The Labute approximate surface area is 122 Å². The van der Waals surface area contributed by atoms with Crippen LogP contribution in [0.1, 0.15) is 0 Å². The molecule has 0 atom stereocenters. The minimum atomic E-state index is -0.00543. The summed E-state index contributed by atoms with van der Waals surface area (Å²) < 4.78 is 10.5. The first-order valence-electron chi connectivity index (χ1n) is 6.57. The quantitative estimate of drug-likeness (QED) is 0.802. The molecule has 0 aliphatic carbocycles. The third kappa shape index (κ3) is 2.36. The number of nitrogens with one attached hydrogen (secondary N) is 1. The molecule has 0 fully saturated rings. The Hall–Kier alpha value is -2.75. The van der Waals surface area contributed by atoms with Crippen LogP contribution in [0.15, 0.2) is 53.3 Å². The molecule has 4 heteroatoms. The monoisotopic (exact) mass is 281 g/mol. The molecule has 21 heavy (non-hydrogen) atoms. The first kappa shape index (κ1) is 13.2. The van der Waals surface area contributed by atoms with E-state index in [4.69, 9.17) is 9.47 Å². The molecule has 0 amide bonds. The standard InChI is InChI=1S/C17H15NO3/c1-20-16-8-7-11(9-17(16)21-2)14-10-15(19)12-5-3-4-6-13(12)18-14/h3-10H,1-2H3,(H,18,19). The predicted octanol–water partition coefficient (Wildman–Crippen LogP) is 3.21. The number of aromatic amines is 1. The van der Waals surface area contributed by atoms with Crippen LogP contribution >= 0.6 is 0 Å².